The van der Waals surface area contributed by atoms with Crippen LogP contribution in [0.5, 0.6) is 0 Å². The van der Waals surface area contributed by atoms with Gasteiger partial charge in [-0.25, -0.2) is 0 Å². The highest BCUT2D eigenvalue weighted by Gasteiger charge is 2.54. The summed E-state index contributed by atoms with van der Waals surface area (Å²) in [5, 5.41) is 11.6. The van der Waals surface area contributed by atoms with Crippen molar-refractivity contribution in [2.75, 3.05) is 21.2 Å². The maximum Gasteiger partial charge on any atom is 0.309 e. The smallest absolute Gasteiger partial charge is 0.309 e. The average Bonchev–Trinajstić information content (AvgIpc) is 3.21. The second kappa shape index (κ2) is 26.7. The Hall–Kier alpha value is -3.78. The molecule has 3 aliphatic rings. The number of aliphatic hydroxyl groups is 1. The highest BCUT2D eigenvalue weighted by atomic mass is 16.7. The van der Waals surface area contributed by atoms with E-state index in [2.05, 4.69) is 0 Å². The monoisotopic (exact) mass is 940 g/mol. The topological polar surface area (TPSA) is 218 Å². The van der Waals surface area contributed by atoms with E-state index in [-0.39, 0.29) is 44.4 Å². The van der Waals surface area contributed by atoms with Gasteiger partial charge in [0.15, 0.2) is 24.8 Å². The lowest BCUT2D eigenvalue weighted by atomic mass is 9.82. The van der Waals surface area contributed by atoms with Crippen molar-refractivity contribution < 1.29 is 81.2 Å². The summed E-state index contributed by atoms with van der Waals surface area (Å²) >= 11 is 0. The molecule has 0 aromatic rings. The summed E-state index contributed by atoms with van der Waals surface area (Å²) in [6, 6.07) is -0.799. The van der Waals surface area contributed by atoms with Gasteiger partial charge in [0.2, 0.25) is 0 Å². The van der Waals surface area contributed by atoms with E-state index in [9.17, 15) is 33.9 Å². The van der Waals surface area contributed by atoms with E-state index in [1.165, 1.54) is 14.0 Å². The lowest BCUT2D eigenvalue weighted by Gasteiger charge is -2.51. The van der Waals surface area contributed by atoms with Crippen molar-refractivity contribution in [3.05, 3.63) is 24.3 Å². The molecule has 0 unspecified atom stereocenters. The summed E-state index contributed by atoms with van der Waals surface area (Å²) < 4.78 is 61.8. The molecule has 2 saturated heterocycles. The van der Waals surface area contributed by atoms with E-state index in [4.69, 9.17) is 47.4 Å². The molecule has 2 fully saturated rings. The maximum absolute atomic E-state index is 13.5. The summed E-state index contributed by atoms with van der Waals surface area (Å²) in [7, 11) is 4.88. The second-order valence-electron chi connectivity index (χ2n) is 18.6. The second-order valence-corrected chi connectivity index (χ2v) is 18.6. The lowest BCUT2D eigenvalue weighted by Crippen LogP contribution is -2.66. The predicted octanol–water partition coefficient (Wildman–Crippen LogP) is 4.94. The molecule has 1 N–H and O–H groups in total. The minimum absolute atomic E-state index is 0.0154. The zero-order chi connectivity index (χ0) is 49.5. The van der Waals surface area contributed by atoms with Crippen molar-refractivity contribution in [2.45, 2.75) is 206 Å². The van der Waals surface area contributed by atoms with Crippen LogP contribution in [0.2, 0.25) is 0 Å². The van der Waals surface area contributed by atoms with Gasteiger partial charge >= 0.3 is 29.8 Å². The summed E-state index contributed by atoms with van der Waals surface area (Å²) in [6.07, 6.45) is -4.23. The zero-order valence-electron chi connectivity index (χ0n) is 41.2. The first-order valence-corrected chi connectivity index (χ1v) is 23.3. The number of methoxy groups -OCH3 is 1. The maximum atomic E-state index is 13.5. The molecule has 0 aromatic heterocycles. The number of carbonyl (C=O) groups is 6. The van der Waals surface area contributed by atoms with E-state index in [0.29, 0.717) is 12.7 Å². The molecule has 0 bridgehead atoms. The number of cyclic esters (lactones) is 1. The fraction of sp³-hybridized carbons (Fsp3) is 0.792. The molecule has 0 saturated carbocycles. The molecule has 376 valence electrons. The number of rotatable bonds is 16. The van der Waals surface area contributed by atoms with Gasteiger partial charge in [0, 0.05) is 52.6 Å². The van der Waals surface area contributed by atoms with Crippen LogP contribution in [-0.2, 0) is 76.1 Å². The normalized spacial score (nSPS) is 37.0. The Morgan fingerprint density at radius 2 is 1.56 bits per heavy atom. The van der Waals surface area contributed by atoms with Gasteiger partial charge in [-0.2, -0.15) is 0 Å². The number of likely N-dealkylation sites (N-methyl/N-ethyl adjacent to an activating group) is 1. The summed E-state index contributed by atoms with van der Waals surface area (Å²) in [4.78, 5) is 79.4. The van der Waals surface area contributed by atoms with Crippen LogP contribution >= 0.6 is 0 Å². The molecule has 3 rings (SSSR count). The molecule has 18 heteroatoms. The Bertz CT molecular complexity index is 1650. The summed E-state index contributed by atoms with van der Waals surface area (Å²) in [5.74, 6) is -4.04. The van der Waals surface area contributed by atoms with Gasteiger partial charge in [-0.3, -0.25) is 24.0 Å². The minimum Gasteiger partial charge on any atom is -0.462 e. The van der Waals surface area contributed by atoms with Gasteiger partial charge in [-0.15, -0.1) is 0 Å². The van der Waals surface area contributed by atoms with E-state index in [0.717, 1.165) is 0 Å². The number of hydrogen-bond acceptors (Lipinski definition) is 18. The Balaban J connectivity index is 2.16. The predicted molar refractivity (Wildman–Crippen MR) is 238 cm³/mol. The largest absolute Gasteiger partial charge is 0.462 e. The van der Waals surface area contributed by atoms with Crippen molar-refractivity contribution in [1.82, 2.24) is 4.90 Å². The molecular formula is C48H77NO17. The minimum atomic E-state index is -1.55. The number of esters is 5. The fourth-order valence-corrected chi connectivity index (χ4v) is 8.79. The first-order valence-electron chi connectivity index (χ1n) is 23.3. The SMILES string of the molecule is CCC(=O)O[C@H]1[C@H](O[C@H]2[C@@H](CC=O)C[C@@H](C)[C@@H](OC(=O)CC)/C=C/C=C/C[C@@H](C)OC(=O)C[C@@H](OC(C)=O)[C@@H]2OC)O[C@H](C)[C@@H](O[C@H]2C[C@@](C)(O)[C@@H](OC(=O)CC(C)C)[C@H](C)O2)[C@@H]1N(C)C. The number of hydrogen-bond donors (Lipinski definition) is 1. The molecule has 66 heavy (non-hydrogen) atoms. The molecular weight excluding hydrogens is 863 g/mol. The van der Waals surface area contributed by atoms with Gasteiger partial charge in [0.25, 0.3) is 0 Å². The lowest BCUT2D eigenvalue weighted by molar-refractivity contribution is -0.345. The van der Waals surface area contributed by atoms with E-state index >= 15 is 0 Å². The van der Waals surface area contributed by atoms with E-state index in [1.54, 1.807) is 78.8 Å². The van der Waals surface area contributed by atoms with Gasteiger partial charge in [-0.05, 0) is 72.0 Å². The standard InChI is InChI=1S/C48H77NO17/c1-14-36(52)62-34-20-18-16-17-19-29(6)58-39(55)25-35(61-32(9)51)44(57-13)43(33(21-22-50)24-28(34)5)66-47-45(63-37(53)15-2)41(49(11)12)42(30(7)60-47)65-40-26-48(10,56)46(31(8)59-40)64-38(54)23-27(3)4/h16-18,20,22,27-31,33-35,40-47,56H,14-15,19,21,23-26H2,1-13H3/b17-16+,20-18+/t28-,29-,30-,31+,33+,34+,35-,40+,41+,42-,43+,44+,45-,46+,47+,48-/m1/s1. The van der Waals surface area contributed by atoms with Crippen molar-refractivity contribution in [2.24, 2.45) is 17.8 Å². The van der Waals surface area contributed by atoms with Crippen molar-refractivity contribution in [3.63, 3.8) is 0 Å². The van der Waals surface area contributed by atoms with Crippen LogP contribution in [0.3, 0.4) is 0 Å². The van der Waals surface area contributed by atoms with Crippen LogP contribution in [0.1, 0.15) is 121 Å². The Morgan fingerprint density at radius 1 is 0.894 bits per heavy atom. The number of carbonyl (C=O) groups excluding carboxylic acids is 6. The highest BCUT2D eigenvalue weighted by molar-refractivity contribution is 5.72. The van der Waals surface area contributed by atoms with Crippen LogP contribution in [-0.4, -0.2) is 153 Å². The number of ether oxygens (including phenoxy) is 10. The fourth-order valence-electron chi connectivity index (χ4n) is 8.79. The Kier molecular flexibility index (Phi) is 22.9. The Morgan fingerprint density at radius 3 is 2.14 bits per heavy atom. The van der Waals surface area contributed by atoms with Gasteiger partial charge in [0.05, 0.1) is 30.8 Å². The molecule has 0 radical (unpaired) electrons. The number of nitrogens with zero attached hydrogens (tertiary/aromatic N) is 1. The quantitative estimate of drug-likeness (QED) is 0.123. The van der Waals surface area contributed by atoms with Crippen molar-refractivity contribution in [3.8, 4) is 0 Å². The molecule has 18 nitrogen and oxygen atoms in total. The molecule has 0 spiro atoms. The van der Waals surface area contributed by atoms with Crippen LogP contribution in [0, 0.1) is 17.8 Å². The van der Waals surface area contributed by atoms with Gasteiger partial charge in [-0.1, -0.05) is 52.8 Å². The third kappa shape index (κ3) is 16.8. The van der Waals surface area contributed by atoms with Crippen LogP contribution in [0.25, 0.3) is 0 Å². The molecule has 3 heterocycles. The molecule has 0 amide bonds. The van der Waals surface area contributed by atoms with Gasteiger partial charge < -0.3 is 62.2 Å². The molecule has 3 aliphatic heterocycles. The van der Waals surface area contributed by atoms with Gasteiger partial charge in [0.1, 0.15) is 42.4 Å². The molecule has 0 aromatic carbocycles. The van der Waals surface area contributed by atoms with Crippen LogP contribution < -0.4 is 0 Å². The zero-order valence-corrected chi connectivity index (χ0v) is 41.2. The first-order chi connectivity index (χ1) is 31.0. The van der Waals surface area contributed by atoms with Crippen LogP contribution in [0.4, 0.5) is 0 Å². The third-order valence-corrected chi connectivity index (χ3v) is 12.0. The van der Waals surface area contributed by atoms with Crippen molar-refractivity contribution >= 4 is 36.1 Å². The molecule has 16 atom stereocenters. The summed E-state index contributed by atoms with van der Waals surface area (Å²) in [6.45, 7) is 16.8. The number of allylic oxidation sites excluding steroid dienone is 2. The third-order valence-electron chi connectivity index (χ3n) is 12.0. The Labute approximate surface area is 390 Å². The van der Waals surface area contributed by atoms with Crippen molar-refractivity contribution in [1.29, 1.82) is 0 Å². The number of aldehydes is 1. The average molecular weight is 940 g/mol. The first kappa shape index (κ1) is 56.5. The van der Waals surface area contributed by atoms with Crippen LogP contribution in [0.15, 0.2) is 24.3 Å². The summed E-state index contributed by atoms with van der Waals surface area (Å²) in [5.41, 5.74) is -1.55. The van der Waals surface area contributed by atoms with E-state index < -0.39 is 133 Å². The van der Waals surface area contributed by atoms with E-state index in [1.807, 2.05) is 26.8 Å². The molecule has 0 aliphatic carbocycles. The highest BCUT2D eigenvalue weighted by Crippen LogP contribution is 2.39.